The molecule has 0 fully saturated rings. The molecule has 0 bridgehead atoms. The highest BCUT2D eigenvalue weighted by molar-refractivity contribution is 7.92. The lowest BCUT2D eigenvalue weighted by molar-refractivity contribution is 0.600. The average molecular weight is 309 g/mol. The number of nitriles is 1. The Morgan fingerprint density at radius 2 is 2.05 bits per heavy atom. The van der Waals surface area contributed by atoms with E-state index in [4.69, 9.17) is 16.9 Å². The summed E-state index contributed by atoms with van der Waals surface area (Å²) in [7, 11) is -3.79. The molecular weight excluding hydrogens is 300 g/mol. The molecule has 0 aliphatic heterocycles. The van der Waals surface area contributed by atoms with Crippen LogP contribution in [0.15, 0.2) is 35.5 Å². The first-order valence-electron chi connectivity index (χ1n) is 5.43. The Morgan fingerprint density at radius 3 is 2.60 bits per heavy atom. The maximum Gasteiger partial charge on any atom is 0.264 e. The molecule has 1 N–H and O–H groups in total. The smallest absolute Gasteiger partial charge is 0.263 e. The standard InChI is InChI=1S/C12H9ClN4O2S/c1-8-4-10(7-16-12(8)13)20(18,19)17-11-3-2-9(5-14)6-15-11/h2-4,6-7H,1H3,(H,15,17). The predicted octanol–water partition coefficient (Wildman–Crippen LogP) is 2.11. The fraction of sp³-hybridized carbons (Fsp3) is 0.0833. The van der Waals surface area contributed by atoms with E-state index >= 15 is 0 Å². The highest BCUT2D eigenvalue weighted by Crippen LogP contribution is 2.18. The minimum Gasteiger partial charge on any atom is -0.263 e. The van der Waals surface area contributed by atoms with Crippen molar-refractivity contribution in [3.05, 3.63) is 46.9 Å². The number of hydrogen-bond donors (Lipinski definition) is 1. The largest absolute Gasteiger partial charge is 0.264 e. The van der Waals surface area contributed by atoms with E-state index in [0.29, 0.717) is 11.1 Å². The fourth-order valence-electron chi connectivity index (χ4n) is 1.40. The summed E-state index contributed by atoms with van der Waals surface area (Å²) in [6.45, 7) is 1.66. The second kappa shape index (κ2) is 5.45. The number of pyridine rings is 2. The molecule has 2 aromatic rings. The van der Waals surface area contributed by atoms with Crippen LogP contribution in [0.4, 0.5) is 5.82 Å². The van der Waals surface area contributed by atoms with E-state index in [0.717, 1.165) is 0 Å². The van der Waals surface area contributed by atoms with Crippen molar-refractivity contribution >= 4 is 27.4 Å². The lowest BCUT2D eigenvalue weighted by Gasteiger charge is -2.08. The van der Waals surface area contributed by atoms with Gasteiger partial charge in [0.2, 0.25) is 0 Å². The van der Waals surface area contributed by atoms with Crippen LogP contribution in [0.25, 0.3) is 0 Å². The molecule has 0 aliphatic carbocycles. The van der Waals surface area contributed by atoms with Gasteiger partial charge in [-0.3, -0.25) is 4.72 Å². The lowest BCUT2D eigenvalue weighted by atomic mass is 10.3. The molecule has 6 nitrogen and oxygen atoms in total. The molecule has 20 heavy (non-hydrogen) atoms. The monoisotopic (exact) mass is 308 g/mol. The Balaban J connectivity index is 2.30. The number of halogens is 1. The zero-order chi connectivity index (χ0) is 14.8. The lowest BCUT2D eigenvalue weighted by Crippen LogP contribution is -2.14. The zero-order valence-electron chi connectivity index (χ0n) is 10.3. The zero-order valence-corrected chi connectivity index (χ0v) is 11.9. The first-order valence-corrected chi connectivity index (χ1v) is 7.29. The quantitative estimate of drug-likeness (QED) is 0.876. The number of sulfonamides is 1. The topological polar surface area (TPSA) is 95.7 Å². The average Bonchev–Trinajstić information content (AvgIpc) is 2.42. The highest BCUT2D eigenvalue weighted by Gasteiger charge is 2.16. The summed E-state index contributed by atoms with van der Waals surface area (Å²) < 4.78 is 26.5. The number of anilines is 1. The van der Waals surface area contributed by atoms with E-state index in [-0.39, 0.29) is 15.9 Å². The van der Waals surface area contributed by atoms with Crippen molar-refractivity contribution in [2.45, 2.75) is 11.8 Å². The number of nitrogens with zero attached hydrogens (tertiary/aromatic N) is 3. The van der Waals surface area contributed by atoms with Crippen molar-refractivity contribution in [3.63, 3.8) is 0 Å². The molecular formula is C12H9ClN4O2S. The van der Waals surface area contributed by atoms with E-state index in [1.807, 2.05) is 6.07 Å². The maximum absolute atomic E-state index is 12.1. The van der Waals surface area contributed by atoms with E-state index in [1.54, 1.807) is 6.92 Å². The van der Waals surface area contributed by atoms with Crippen LogP contribution in [-0.4, -0.2) is 18.4 Å². The molecule has 0 atom stereocenters. The molecule has 102 valence electrons. The first-order chi connectivity index (χ1) is 9.42. The number of rotatable bonds is 3. The Bertz CT molecular complexity index is 782. The van der Waals surface area contributed by atoms with E-state index < -0.39 is 10.0 Å². The second-order valence-corrected chi connectivity index (χ2v) is 5.97. The molecule has 8 heteroatoms. The summed E-state index contributed by atoms with van der Waals surface area (Å²) >= 11 is 5.76. The third-order valence-electron chi connectivity index (χ3n) is 2.43. The number of nitrogens with one attached hydrogen (secondary N) is 1. The Hall–Kier alpha value is -2.17. The molecule has 0 spiro atoms. The van der Waals surface area contributed by atoms with E-state index in [2.05, 4.69) is 14.7 Å². The normalized spacial score (nSPS) is 10.8. The molecule has 0 amide bonds. The van der Waals surface area contributed by atoms with Crippen LogP contribution >= 0.6 is 11.6 Å². The van der Waals surface area contributed by atoms with Gasteiger partial charge in [-0.2, -0.15) is 5.26 Å². The summed E-state index contributed by atoms with van der Waals surface area (Å²) in [5.41, 5.74) is 0.902. The minimum atomic E-state index is -3.79. The molecule has 0 saturated heterocycles. The van der Waals surface area contributed by atoms with E-state index in [1.165, 1.54) is 30.6 Å². The Kier molecular flexibility index (Phi) is 3.88. The van der Waals surface area contributed by atoms with Gasteiger partial charge in [-0.05, 0) is 30.7 Å². The molecule has 0 saturated carbocycles. The molecule has 2 rings (SSSR count). The van der Waals surface area contributed by atoms with Crippen LogP contribution in [0.1, 0.15) is 11.1 Å². The van der Waals surface area contributed by atoms with Gasteiger partial charge in [0.15, 0.2) is 0 Å². The summed E-state index contributed by atoms with van der Waals surface area (Å²) in [4.78, 5) is 7.63. The summed E-state index contributed by atoms with van der Waals surface area (Å²) in [6, 6.07) is 6.19. The van der Waals surface area contributed by atoms with Crippen molar-refractivity contribution in [1.82, 2.24) is 9.97 Å². The van der Waals surface area contributed by atoms with Crippen molar-refractivity contribution in [2.75, 3.05) is 4.72 Å². The minimum absolute atomic E-state index is 0.00874. The van der Waals surface area contributed by atoms with Crippen LogP contribution in [0.2, 0.25) is 5.15 Å². The van der Waals surface area contributed by atoms with Crippen LogP contribution in [0, 0.1) is 18.3 Å². The molecule has 0 aromatic carbocycles. The molecule has 2 heterocycles. The van der Waals surface area contributed by atoms with Gasteiger partial charge in [0, 0.05) is 12.4 Å². The van der Waals surface area contributed by atoms with Crippen molar-refractivity contribution < 1.29 is 8.42 Å². The van der Waals surface area contributed by atoms with Crippen LogP contribution in [0.5, 0.6) is 0 Å². The molecule has 2 aromatic heterocycles. The molecule has 0 aliphatic rings. The third kappa shape index (κ3) is 3.04. The van der Waals surface area contributed by atoms with Gasteiger partial charge < -0.3 is 0 Å². The summed E-state index contributed by atoms with van der Waals surface area (Å²) in [5, 5.41) is 8.90. The molecule has 0 radical (unpaired) electrons. The fourth-order valence-corrected chi connectivity index (χ4v) is 2.54. The van der Waals surface area contributed by atoms with Crippen LogP contribution < -0.4 is 4.72 Å². The van der Waals surface area contributed by atoms with Gasteiger partial charge in [0.05, 0.1) is 5.56 Å². The predicted molar refractivity (Wildman–Crippen MR) is 73.7 cm³/mol. The number of aryl methyl sites for hydroxylation is 1. The Labute approximate surface area is 121 Å². The van der Waals surface area contributed by atoms with Gasteiger partial charge in [-0.1, -0.05) is 11.6 Å². The van der Waals surface area contributed by atoms with E-state index in [9.17, 15) is 8.42 Å². The van der Waals surface area contributed by atoms with Gasteiger partial charge in [0.1, 0.15) is 21.9 Å². The van der Waals surface area contributed by atoms with Gasteiger partial charge >= 0.3 is 0 Å². The number of aromatic nitrogens is 2. The molecule has 0 unspecified atom stereocenters. The maximum atomic E-state index is 12.1. The van der Waals surface area contributed by atoms with Crippen molar-refractivity contribution in [3.8, 4) is 6.07 Å². The van der Waals surface area contributed by atoms with Crippen LogP contribution in [0.3, 0.4) is 0 Å². The summed E-state index contributed by atoms with van der Waals surface area (Å²) in [5.74, 6) is 0.122. The second-order valence-electron chi connectivity index (χ2n) is 3.93. The van der Waals surface area contributed by atoms with Gasteiger partial charge in [-0.25, -0.2) is 18.4 Å². The Morgan fingerprint density at radius 1 is 1.30 bits per heavy atom. The highest BCUT2D eigenvalue weighted by atomic mass is 35.5. The van der Waals surface area contributed by atoms with Crippen LogP contribution in [-0.2, 0) is 10.0 Å². The SMILES string of the molecule is Cc1cc(S(=O)(=O)Nc2ccc(C#N)cn2)cnc1Cl. The first kappa shape index (κ1) is 14.2. The van der Waals surface area contributed by atoms with Crippen molar-refractivity contribution in [1.29, 1.82) is 5.26 Å². The van der Waals surface area contributed by atoms with Gasteiger partial charge in [-0.15, -0.1) is 0 Å². The summed E-state index contributed by atoms with van der Waals surface area (Å²) in [6.07, 6.45) is 2.45. The van der Waals surface area contributed by atoms with Gasteiger partial charge in [0.25, 0.3) is 10.0 Å². The van der Waals surface area contributed by atoms with Crippen molar-refractivity contribution in [2.24, 2.45) is 0 Å². The number of hydrogen-bond acceptors (Lipinski definition) is 5. The third-order valence-corrected chi connectivity index (χ3v) is 4.15.